The van der Waals surface area contributed by atoms with Crippen LogP contribution in [0.2, 0.25) is 0 Å². The molecule has 98 valence electrons. The van der Waals surface area contributed by atoms with E-state index in [0.29, 0.717) is 6.42 Å². The molecule has 0 saturated heterocycles. The zero-order valence-electron chi connectivity index (χ0n) is 10.7. The normalized spacial score (nSPS) is 11.2. The van der Waals surface area contributed by atoms with Crippen molar-refractivity contribution in [1.29, 1.82) is 0 Å². The van der Waals surface area contributed by atoms with Crippen molar-refractivity contribution in [3.05, 3.63) is 39.9 Å². The Bertz CT molecular complexity index is 438. The third-order valence-electron chi connectivity index (χ3n) is 3.08. The fourth-order valence-electron chi connectivity index (χ4n) is 1.88. The third-order valence-corrected chi connectivity index (χ3v) is 3.08. The number of nitrogens with two attached hydrogens (primary N) is 1. The SMILES string of the molecule is CC(C)(CCCC(N)=O)c1ccc([N+](=O)[O-])cc1. The van der Waals surface area contributed by atoms with Crippen molar-refractivity contribution in [2.45, 2.75) is 38.5 Å². The molecule has 0 fully saturated rings. The number of amides is 1. The van der Waals surface area contributed by atoms with Gasteiger partial charge in [-0.3, -0.25) is 14.9 Å². The summed E-state index contributed by atoms with van der Waals surface area (Å²) in [6, 6.07) is 6.54. The van der Waals surface area contributed by atoms with Crippen molar-refractivity contribution in [2.75, 3.05) is 0 Å². The quantitative estimate of drug-likeness (QED) is 0.621. The van der Waals surface area contributed by atoms with Crippen molar-refractivity contribution in [3.63, 3.8) is 0 Å². The van der Waals surface area contributed by atoms with Gasteiger partial charge in [-0.2, -0.15) is 0 Å². The standard InChI is InChI=1S/C13H18N2O3/c1-13(2,9-3-4-12(14)16)10-5-7-11(8-6-10)15(17)18/h5-8H,3-4,9H2,1-2H3,(H2,14,16). The summed E-state index contributed by atoms with van der Waals surface area (Å²) in [6.45, 7) is 4.10. The Balaban J connectivity index is 2.71. The molecule has 18 heavy (non-hydrogen) atoms. The van der Waals surface area contributed by atoms with Crippen molar-refractivity contribution < 1.29 is 9.72 Å². The zero-order valence-corrected chi connectivity index (χ0v) is 10.7. The number of nitrogens with zero attached hydrogens (tertiary/aromatic N) is 1. The fraction of sp³-hybridized carbons (Fsp3) is 0.462. The molecule has 0 heterocycles. The van der Waals surface area contributed by atoms with Gasteiger partial charge in [0.1, 0.15) is 0 Å². The molecule has 1 rings (SSSR count). The number of primary amides is 1. The van der Waals surface area contributed by atoms with Crippen LogP contribution in [0.3, 0.4) is 0 Å². The van der Waals surface area contributed by atoms with E-state index in [1.807, 2.05) is 0 Å². The molecular weight excluding hydrogens is 232 g/mol. The lowest BCUT2D eigenvalue weighted by molar-refractivity contribution is -0.384. The van der Waals surface area contributed by atoms with E-state index in [2.05, 4.69) is 13.8 Å². The second-order valence-corrected chi connectivity index (χ2v) is 5.01. The van der Waals surface area contributed by atoms with Crippen LogP contribution in [0.1, 0.15) is 38.7 Å². The molecule has 0 saturated carbocycles. The lowest BCUT2D eigenvalue weighted by Gasteiger charge is -2.24. The Morgan fingerprint density at radius 2 is 1.89 bits per heavy atom. The Kier molecular flexibility index (Phi) is 4.42. The first-order chi connectivity index (χ1) is 8.33. The molecule has 0 bridgehead atoms. The first-order valence-electron chi connectivity index (χ1n) is 5.86. The van der Waals surface area contributed by atoms with Gasteiger partial charge in [0, 0.05) is 18.6 Å². The topological polar surface area (TPSA) is 86.2 Å². The lowest BCUT2D eigenvalue weighted by Crippen LogP contribution is -2.18. The minimum Gasteiger partial charge on any atom is -0.370 e. The number of nitro benzene ring substituents is 1. The van der Waals surface area contributed by atoms with Crippen LogP contribution in [-0.4, -0.2) is 10.8 Å². The summed E-state index contributed by atoms with van der Waals surface area (Å²) in [5, 5.41) is 10.6. The molecule has 2 N–H and O–H groups in total. The van der Waals surface area contributed by atoms with Gasteiger partial charge in [0.05, 0.1) is 4.92 Å². The molecule has 0 aliphatic heterocycles. The van der Waals surface area contributed by atoms with E-state index in [1.54, 1.807) is 12.1 Å². The molecule has 0 aliphatic carbocycles. The summed E-state index contributed by atoms with van der Waals surface area (Å²) in [4.78, 5) is 20.8. The number of carbonyl (C=O) groups is 1. The van der Waals surface area contributed by atoms with Gasteiger partial charge in [0.2, 0.25) is 5.91 Å². The second-order valence-electron chi connectivity index (χ2n) is 5.01. The molecular formula is C13H18N2O3. The Morgan fingerprint density at radius 3 is 2.33 bits per heavy atom. The number of benzene rings is 1. The third kappa shape index (κ3) is 3.84. The Morgan fingerprint density at radius 1 is 1.33 bits per heavy atom. The lowest BCUT2D eigenvalue weighted by atomic mass is 9.80. The van der Waals surface area contributed by atoms with Crippen LogP contribution in [0.5, 0.6) is 0 Å². The highest BCUT2D eigenvalue weighted by molar-refractivity contribution is 5.73. The summed E-state index contributed by atoms with van der Waals surface area (Å²) in [5.41, 5.74) is 6.09. The van der Waals surface area contributed by atoms with Crippen LogP contribution in [0.15, 0.2) is 24.3 Å². The maximum absolute atomic E-state index is 10.7. The number of nitro groups is 1. The molecule has 0 radical (unpaired) electrons. The van der Waals surface area contributed by atoms with Gasteiger partial charge >= 0.3 is 0 Å². The fourth-order valence-corrected chi connectivity index (χ4v) is 1.88. The highest BCUT2D eigenvalue weighted by atomic mass is 16.6. The predicted molar refractivity (Wildman–Crippen MR) is 69.2 cm³/mol. The van der Waals surface area contributed by atoms with Crippen LogP contribution >= 0.6 is 0 Å². The predicted octanol–water partition coefficient (Wildman–Crippen LogP) is 2.53. The van der Waals surface area contributed by atoms with Gasteiger partial charge in [-0.05, 0) is 23.8 Å². The summed E-state index contributed by atoms with van der Waals surface area (Å²) >= 11 is 0. The average molecular weight is 250 g/mol. The average Bonchev–Trinajstić information content (AvgIpc) is 2.28. The van der Waals surface area contributed by atoms with Crippen LogP contribution in [-0.2, 0) is 10.2 Å². The molecule has 5 heteroatoms. The van der Waals surface area contributed by atoms with E-state index in [0.717, 1.165) is 18.4 Å². The van der Waals surface area contributed by atoms with Crippen LogP contribution in [0, 0.1) is 10.1 Å². The van der Waals surface area contributed by atoms with Crippen molar-refractivity contribution in [1.82, 2.24) is 0 Å². The highest BCUT2D eigenvalue weighted by Crippen LogP contribution is 2.30. The number of hydrogen-bond acceptors (Lipinski definition) is 3. The first kappa shape index (κ1) is 14.2. The summed E-state index contributed by atoms with van der Waals surface area (Å²) in [6.07, 6.45) is 1.91. The molecule has 1 aromatic carbocycles. The number of non-ortho nitro benzene ring substituents is 1. The van der Waals surface area contributed by atoms with Crippen molar-refractivity contribution in [3.8, 4) is 0 Å². The molecule has 0 unspecified atom stereocenters. The number of carbonyl (C=O) groups excluding carboxylic acids is 1. The number of hydrogen-bond donors (Lipinski definition) is 1. The van der Waals surface area contributed by atoms with Crippen LogP contribution in [0.4, 0.5) is 5.69 Å². The summed E-state index contributed by atoms with van der Waals surface area (Å²) < 4.78 is 0. The van der Waals surface area contributed by atoms with E-state index < -0.39 is 4.92 Å². The van der Waals surface area contributed by atoms with E-state index in [-0.39, 0.29) is 17.0 Å². The van der Waals surface area contributed by atoms with Crippen LogP contribution in [0.25, 0.3) is 0 Å². The monoisotopic (exact) mass is 250 g/mol. The van der Waals surface area contributed by atoms with Gasteiger partial charge in [-0.1, -0.05) is 26.0 Å². The van der Waals surface area contributed by atoms with Gasteiger partial charge in [-0.25, -0.2) is 0 Å². The largest absolute Gasteiger partial charge is 0.370 e. The van der Waals surface area contributed by atoms with E-state index >= 15 is 0 Å². The molecule has 1 aromatic rings. The van der Waals surface area contributed by atoms with Gasteiger partial charge in [0.25, 0.3) is 5.69 Å². The molecule has 0 spiro atoms. The van der Waals surface area contributed by atoms with Gasteiger partial charge < -0.3 is 5.73 Å². The summed E-state index contributed by atoms with van der Waals surface area (Å²) in [5.74, 6) is -0.297. The minimum atomic E-state index is -0.413. The Labute approximate surface area is 106 Å². The van der Waals surface area contributed by atoms with Crippen molar-refractivity contribution >= 4 is 11.6 Å². The zero-order chi connectivity index (χ0) is 13.8. The maximum atomic E-state index is 10.7. The molecule has 1 amide bonds. The van der Waals surface area contributed by atoms with Crippen molar-refractivity contribution in [2.24, 2.45) is 5.73 Å². The molecule has 0 atom stereocenters. The maximum Gasteiger partial charge on any atom is 0.269 e. The van der Waals surface area contributed by atoms with Gasteiger partial charge in [0.15, 0.2) is 0 Å². The van der Waals surface area contributed by atoms with Gasteiger partial charge in [-0.15, -0.1) is 0 Å². The molecule has 0 aromatic heterocycles. The molecule has 5 nitrogen and oxygen atoms in total. The summed E-state index contributed by atoms with van der Waals surface area (Å²) in [7, 11) is 0. The molecule has 0 aliphatic rings. The highest BCUT2D eigenvalue weighted by Gasteiger charge is 2.21. The van der Waals surface area contributed by atoms with E-state index in [4.69, 9.17) is 5.73 Å². The van der Waals surface area contributed by atoms with E-state index in [9.17, 15) is 14.9 Å². The van der Waals surface area contributed by atoms with E-state index in [1.165, 1.54) is 12.1 Å². The second kappa shape index (κ2) is 5.62. The smallest absolute Gasteiger partial charge is 0.269 e. The van der Waals surface area contributed by atoms with Crippen LogP contribution < -0.4 is 5.73 Å². The first-order valence-corrected chi connectivity index (χ1v) is 5.86. The number of rotatable bonds is 6. The minimum absolute atomic E-state index is 0.0895. The Hall–Kier alpha value is -1.91.